The number of nitrogens with one attached hydrogen (secondary N) is 1. The first-order chi connectivity index (χ1) is 13.1. The molecule has 0 aliphatic rings. The Hall–Kier alpha value is -3.55. The molecule has 0 saturated heterocycles. The molecule has 28 heavy (non-hydrogen) atoms. The summed E-state index contributed by atoms with van der Waals surface area (Å²) in [7, 11) is 0. The fourth-order valence-electron chi connectivity index (χ4n) is 2.15. The normalized spacial score (nSPS) is 10.8. The number of hydrogen-bond donors (Lipinski definition) is 1. The quantitative estimate of drug-likeness (QED) is 0.462. The van der Waals surface area contributed by atoms with Crippen molar-refractivity contribution in [2.24, 2.45) is 5.41 Å². The van der Waals surface area contributed by atoms with Crippen molar-refractivity contribution < 1.29 is 24.0 Å². The van der Waals surface area contributed by atoms with Gasteiger partial charge in [0.15, 0.2) is 12.4 Å². The maximum Gasteiger partial charge on any atom is 0.340 e. The highest BCUT2D eigenvalue weighted by atomic mass is 16.6. The Morgan fingerprint density at radius 2 is 1.75 bits per heavy atom. The number of ketones is 1. The average Bonchev–Trinajstić information content (AvgIpc) is 2.65. The Morgan fingerprint density at radius 1 is 1.07 bits per heavy atom. The van der Waals surface area contributed by atoms with Crippen LogP contribution in [0.4, 0.5) is 11.4 Å². The van der Waals surface area contributed by atoms with E-state index in [1.54, 1.807) is 32.9 Å². The lowest BCUT2D eigenvalue weighted by Crippen LogP contribution is -2.26. The molecule has 2 rings (SSSR count). The second-order valence-electron chi connectivity index (χ2n) is 7.06. The van der Waals surface area contributed by atoms with Gasteiger partial charge in [0.05, 0.1) is 16.2 Å². The number of carbonyl (C=O) groups excluding carboxylic acids is 3. The molecule has 0 aliphatic heterocycles. The number of para-hydroxylation sites is 1. The maximum absolute atomic E-state index is 12.4. The molecule has 1 amide bonds. The SMILES string of the molecule is CC(C)(C)C(=O)COC(=O)c1ccccc1NC(=O)c1cccc([N+](=O)[O-])c1. The van der Waals surface area contributed by atoms with Crippen molar-refractivity contribution in [3.63, 3.8) is 0 Å². The van der Waals surface area contributed by atoms with Crippen molar-refractivity contribution in [1.29, 1.82) is 0 Å². The van der Waals surface area contributed by atoms with E-state index in [1.165, 1.54) is 30.3 Å². The van der Waals surface area contributed by atoms with Gasteiger partial charge in [-0.2, -0.15) is 0 Å². The summed E-state index contributed by atoms with van der Waals surface area (Å²) in [5.41, 5.74) is -0.549. The summed E-state index contributed by atoms with van der Waals surface area (Å²) in [6.45, 7) is 4.78. The molecule has 8 nitrogen and oxygen atoms in total. The van der Waals surface area contributed by atoms with Gasteiger partial charge in [-0.25, -0.2) is 4.79 Å². The number of carbonyl (C=O) groups is 3. The van der Waals surface area contributed by atoms with E-state index in [0.29, 0.717) is 0 Å². The highest BCUT2D eigenvalue weighted by molar-refractivity contribution is 6.08. The highest BCUT2D eigenvalue weighted by Gasteiger charge is 2.23. The van der Waals surface area contributed by atoms with Crippen LogP contribution in [0.15, 0.2) is 48.5 Å². The van der Waals surface area contributed by atoms with Gasteiger partial charge in [-0.3, -0.25) is 19.7 Å². The van der Waals surface area contributed by atoms with E-state index >= 15 is 0 Å². The van der Waals surface area contributed by atoms with Crippen LogP contribution in [0.5, 0.6) is 0 Å². The first-order valence-corrected chi connectivity index (χ1v) is 8.45. The molecule has 0 heterocycles. The average molecular weight is 384 g/mol. The van der Waals surface area contributed by atoms with Crippen LogP contribution in [-0.2, 0) is 9.53 Å². The fraction of sp³-hybridized carbons (Fsp3) is 0.250. The van der Waals surface area contributed by atoms with Crippen molar-refractivity contribution in [1.82, 2.24) is 0 Å². The number of nitrogens with zero attached hydrogens (tertiary/aromatic N) is 1. The minimum absolute atomic E-state index is 0.0697. The Labute approximate surface area is 161 Å². The number of non-ortho nitro benzene ring substituents is 1. The molecule has 2 aromatic rings. The molecule has 0 radical (unpaired) electrons. The summed E-state index contributed by atoms with van der Waals surface area (Å²) in [6, 6.07) is 11.4. The molecule has 0 fully saturated rings. The van der Waals surface area contributed by atoms with Crippen molar-refractivity contribution >= 4 is 29.0 Å². The monoisotopic (exact) mass is 384 g/mol. The Morgan fingerprint density at radius 3 is 2.39 bits per heavy atom. The van der Waals surface area contributed by atoms with Crippen LogP contribution in [0.1, 0.15) is 41.5 Å². The van der Waals surface area contributed by atoms with Gasteiger partial charge >= 0.3 is 5.97 Å². The van der Waals surface area contributed by atoms with Crippen LogP contribution in [0.3, 0.4) is 0 Å². The van der Waals surface area contributed by atoms with Crippen LogP contribution in [0.2, 0.25) is 0 Å². The lowest BCUT2D eigenvalue weighted by atomic mass is 9.91. The number of esters is 1. The molecule has 0 aliphatic carbocycles. The van der Waals surface area contributed by atoms with Gasteiger partial charge in [-0.1, -0.05) is 39.0 Å². The van der Waals surface area contributed by atoms with Crippen molar-refractivity contribution in [3.05, 3.63) is 69.8 Å². The number of amides is 1. The summed E-state index contributed by atoms with van der Waals surface area (Å²) in [5.74, 6) is -1.61. The van der Waals surface area contributed by atoms with Gasteiger partial charge < -0.3 is 10.1 Å². The minimum Gasteiger partial charge on any atom is -0.454 e. The molecule has 0 atom stereocenters. The van der Waals surface area contributed by atoms with Crippen LogP contribution in [-0.4, -0.2) is 29.2 Å². The molecule has 1 N–H and O–H groups in total. The third kappa shape index (κ3) is 5.23. The number of hydrogen-bond acceptors (Lipinski definition) is 6. The highest BCUT2D eigenvalue weighted by Crippen LogP contribution is 2.20. The number of anilines is 1. The molecule has 0 unspecified atom stereocenters. The van der Waals surface area contributed by atoms with Crippen molar-refractivity contribution in [3.8, 4) is 0 Å². The molecular weight excluding hydrogens is 364 g/mol. The fourth-order valence-corrected chi connectivity index (χ4v) is 2.15. The predicted molar refractivity (Wildman–Crippen MR) is 102 cm³/mol. The summed E-state index contributed by atoms with van der Waals surface area (Å²) in [6.07, 6.45) is 0. The summed E-state index contributed by atoms with van der Waals surface area (Å²) >= 11 is 0. The van der Waals surface area contributed by atoms with E-state index < -0.39 is 22.2 Å². The van der Waals surface area contributed by atoms with Gasteiger partial charge in [-0.05, 0) is 18.2 Å². The number of nitro benzene ring substituents is 1. The van der Waals surface area contributed by atoms with E-state index in [2.05, 4.69) is 5.32 Å². The maximum atomic E-state index is 12.4. The minimum atomic E-state index is -0.757. The largest absolute Gasteiger partial charge is 0.454 e. The molecule has 0 spiro atoms. The summed E-state index contributed by atoms with van der Waals surface area (Å²) < 4.78 is 5.07. The molecule has 0 bridgehead atoms. The zero-order valence-corrected chi connectivity index (χ0v) is 15.7. The number of Topliss-reactive ketones (excluding diaryl/α,β-unsaturated/α-hetero) is 1. The van der Waals surface area contributed by atoms with E-state index in [9.17, 15) is 24.5 Å². The first kappa shape index (κ1) is 20.8. The Kier molecular flexibility index (Phi) is 6.25. The molecular formula is C20H20N2O6. The second kappa shape index (κ2) is 8.43. The van der Waals surface area contributed by atoms with E-state index in [0.717, 1.165) is 6.07 Å². The lowest BCUT2D eigenvalue weighted by molar-refractivity contribution is -0.384. The van der Waals surface area contributed by atoms with E-state index in [1.807, 2.05) is 0 Å². The zero-order valence-electron chi connectivity index (χ0n) is 15.7. The molecule has 8 heteroatoms. The van der Waals surface area contributed by atoms with Crippen LogP contribution >= 0.6 is 0 Å². The predicted octanol–water partition coefficient (Wildman–Crippen LogP) is 3.62. The number of rotatable bonds is 6. The van der Waals surface area contributed by atoms with Gasteiger partial charge in [0.2, 0.25) is 0 Å². The first-order valence-electron chi connectivity index (χ1n) is 8.45. The smallest absolute Gasteiger partial charge is 0.340 e. The standard InChI is InChI=1S/C20H20N2O6/c1-20(2,3)17(23)12-28-19(25)15-9-4-5-10-16(15)21-18(24)13-7-6-8-14(11-13)22(26)27/h4-11H,12H2,1-3H3,(H,21,24). The van der Waals surface area contributed by atoms with E-state index in [4.69, 9.17) is 4.74 Å². The lowest BCUT2D eigenvalue weighted by Gasteiger charge is -2.16. The number of benzene rings is 2. The van der Waals surface area contributed by atoms with Crippen molar-refractivity contribution in [2.75, 3.05) is 11.9 Å². The molecule has 2 aromatic carbocycles. The van der Waals surface area contributed by atoms with Crippen LogP contribution < -0.4 is 5.32 Å². The third-order valence-electron chi connectivity index (χ3n) is 3.89. The van der Waals surface area contributed by atoms with Crippen LogP contribution in [0.25, 0.3) is 0 Å². The molecule has 0 aromatic heterocycles. The molecule has 146 valence electrons. The summed E-state index contributed by atoms with van der Waals surface area (Å²) in [4.78, 5) is 47.0. The topological polar surface area (TPSA) is 116 Å². The number of ether oxygens (including phenoxy) is 1. The Bertz CT molecular complexity index is 930. The van der Waals surface area contributed by atoms with Gasteiger partial charge in [0, 0.05) is 23.1 Å². The zero-order chi connectivity index (χ0) is 20.9. The van der Waals surface area contributed by atoms with Gasteiger partial charge in [-0.15, -0.1) is 0 Å². The number of nitro groups is 1. The van der Waals surface area contributed by atoms with Crippen LogP contribution in [0, 0.1) is 15.5 Å². The third-order valence-corrected chi connectivity index (χ3v) is 3.89. The Balaban J connectivity index is 2.16. The summed E-state index contributed by atoms with van der Waals surface area (Å²) in [5, 5.41) is 13.4. The van der Waals surface area contributed by atoms with E-state index in [-0.39, 0.29) is 34.9 Å². The molecule has 0 saturated carbocycles. The van der Waals surface area contributed by atoms with Gasteiger partial charge in [0.1, 0.15) is 0 Å². The van der Waals surface area contributed by atoms with Crippen molar-refractivity contribution in [2.45, 2.75) is 20.8 Å². The second-order valence-corrected chi connectivity index (χ2v) is 7.06. The van der Waals surface area contributed by atoms with Gasteiger partial charge in [0.25, 0.3) is 11.6 Å².